The summed E-state index contributed by atoms with van der Waals surface area (Å²) in [5.41, 5.74) is 0.937. The van der Waals surface area contributed by atoms with Crippen LogP contribution in [0.3, 0.4) is 0 Å². The molecule has 0 aliphatic carbocycles. The molecule has 1 aromatic carbocycles. The average molecular weight is 304 g/mol. The van der Waals surface area contributed by atoms with E-state index in [-0.39, 0.29) is 5.91 Å². The number of carbonyl (C=O) groups excluding carboxylic acids is 1. The lowest BCUT2D eigenvalue weighted by molar-refractivity contribution is -0.130. The SMILES string of the molecule is CC(C)CCOc1cccc(NCC(=O)N2CCCCC2)c1. The molecule has 0 spiro atoms. The van der Waals surface area contributed by atoms with Crippen LogP contribution in [0.25, 0.3) is 0 Å². The second-order valence-electron chi connectivity index (χ2n) is 6.35. The van der Waals surface area contributed by atoms with Gasteiger partial charge in [0, 0.05) is 24.8 Å². The number of rotatable bonds is 7. The third-order valence-corrected chi connectivity index (χ3v) is 3.95. The Hall–Kier alpha value is -1.71. The first-order chi connectivity index (χ1) is 10.6. The lowest BCUT2D eigenvalue weighted by Crippen LogP contribution is -2.39. The summed E-state index contributed by atoms with van der Waals surface area (Å²) in [6, 6.07) is 7.85. The molecule has 0 radical (unpaired) electrons. The highest BCUT2D eigenvalue weighted by Gasteiger charge is 2.15. The Kier molecular flexibility index (Phi) is 6.56. The summed E-state index contributed by atoms with van der Waals surface area (Å²) in [4.78, 5) is 14.1. The zero-order valence-corrected chi connectivity index (χ0v) is 13.8. The van der Waals surface area contributed by atoms with Crippen molar-refractivity contribution in [3.63, 3.8) is 0 Å². The number of hydrogen-bond donors (Lipinski definition) is 1. The molecule has 1 amide bonds. The van der Waals surface area contributed by atoms with Crippen molar-refractivity contribution in [2.45, 2.75) is 39.5 Å². The first-order valence-electron chi connectivity index (χ1n) is 8.39. The Balaban J connectivity index is 1.78. The van der Waals surface area contributed by atoms with E-state index in [0.29, 0.717) is 12.5 Å². The predicted molar refractivity (Wildman–Crippen MR) is 90.3 cm³/mol. The van der Waals surface area contributed by atoms with Gasteiger partial charge in [-0.3, -0.25) is 4.79 Å². The molecule has 122 valence electrons. The van der Waals surface area contributed by atoms with Gasteiger partial charge in [-0.1, -0.05) is 19.9 Å². The number of nitrogens with one attached hydrogen (secondary N) is 1. The topological polar surface area (TPSA) is 41.6 Å². The fraction of sp³-hybridized carbons (Fsp3) is 0.611. The molecule has 1 saturated heterocycles. The second kappa shape index (κ2) is 8.66. The highest BCUT2D eigenvalue weighted by molar-refractivity contribution is 5.81. The first-order valence-corrected chi connectivity index (χ1v) is 8.39. The molecule has 1 N–H and O–H groups in total. The molecule has 0 aromatic heterocycles. The van der Waals surface area contributed by atoms with Crippen LogP contribution in [0.5, 0.6) is 5.75 Å². The van der Waals surface area contributed by atoms with Crippen molar-refractivity contribution < 1.29 is 9.53 Å². The molecule has 0 bridgehead atoms. The molecule has 1 aromatic rings. The van der Waals surface area contributed by atoms with E-state index in [0.717, 1.165) is 50.4 Å². The van der Waals surface area contributed by atoms with Gasteiger partial charge in [-0.15, -0.1) is 0 Å². The molecule has 1 aliphatic rings. The summed E-state index contributed by atoms with van der Waals surface area (Å²) in [5.74, 6) is 1.69. The molecular weight excluding hydrogens is 276 g/mol. The summed E-state index contributed by atoms with van der Waals surface area (Å²) in [5, 5.41) is 3.21. The van der Waals surface area contributed by atoms with Gasteiger partial charge in [-0.25, -0.2) is 0 Å². The quantitative estimate of drug-likeness (QED) is 0.838. The van der Waals surface area contributed by atoms with E-state index in [1.807, 2.05) is 29.2 Å². The maximum Gasteiger partial charge on any atom is 0.241 e. The van der Waals surface area contributed by atoms with Crippen LogP contribution in [0.15, 0.2) is 24.3 Å². The molecule has 0 saturated carbocycles. The summed E-state index contributed by atoms with van der Waals surface area (Å²) < 4.78 is 5.75. The molecule has 1 heterocycles. The maximum atomic E-state index is 12.1. The van der Waals surface area contributed by atoms with Crippen molar-refractivity contribution in [2.24, 2.45) is 5.92 Å². The van der Waals surface area contributed by atoms with Crippen LogP contribution in [0.2, 0.25) is 0 Å². The van der Waals surface area contributed by atoms with Gasteiger partial charge in [-0.05, 0) is 43.7 Å². The predicted octanol–water partition coefficient (Wildman–Crippen LogP) is 3.54. The Morgan fingerprint density at radius 3 is 2.77 bits per heavy atom. The summed E-state index contributed by atoms with van der Waals surface area (Å²) in [6.07, 6.45) is 4.55. The van der Waals surface area contributed by atoms with Crippen molar-refractivity contribution in [1.29, 1.82) is 0 Å². The van der Waals surface area contributed by atoms with E-state index in [9.17, 15) is 4.79 Å². The van der Waals surface area contributed by atoms with Gasteiger partial charge in [0.05, 0.1) is 13.2 Å². The highest BCUT2D eigenvalue weighted by atomic mass is 16.5. The minimum atomic E-state index is 0.186. The number of likely N-dealkylation sites (tertiary alicyclic amines) is 1. The number of piperidine rings is 1. The molecule has 1 aliphatic heterocycles. The van der Waals surface area contributed by atoms with Crippen molar-refractivity contribution in [2.75, 3.05) is 31.6 Å². The highest BCUT2D eigenvalue weighted by Crippen LogP contribution is 2.18. The van der Waals surface area contributed by atoms with Gasteiger partial charge >= 0.3 is 0 Å². The minimum absolute atomic E-state index is 0.186. The van der Waals surface area contributed by atoms with Crippen molar-refractivity contribution in [3.8, 4) is 5.75 Å². The molecule has 0 unspecified atom stereocenters. The van der Waals surface area contributed by atoms with Gasteiger partial charge in [0.1, 0.15) is 5.75 Å². The van der Waals surface area contributed by atoms with Crippen molar-refractivity contribution in [1.82, 2.24) is 4.90 Å². The van der Waals surface area contributed by atoms with E-state index < -0.39 is 0 Å². The number of nitrogens with zero attached hydrogens (tertiary/aromatic N) is 1. The Morgan fingerprint density at radius 2 is 2.05 bits per heavy atom. The number of ether oxygens (including phenoxy) is 1. The molecule has 4 heteroatoms. The van der Waals surface area contributed by atoms with E-state index >= 15 is 0 Å². The summed E-state index contributed by atoms with van der Waals surface area (Å²) >= 11 is 0. The smallest absolute Gasteiger partial charge is 0.241 e. The standard InChI is InChI=1S/C18H28N2O2/c1-15(2)9-12-22-17-8-6-7-16(13-17)19-14-18(21)20-10-4-3-5-11-20/h6-8,13,15,19H,3-5,9-12,14H2,1-2H3. The Labute approximate surface area is 133 Å². The third-order valence-electron chi connectivity index (χ3n) is 3.95. The summed E-state index contributed by atoms with van der Waals surface area (Å²) in [6.45, 7) is 7.27. The van der Waals surface area contributed by atoms with Crippen LogP contribution in [-0.4, -0.2) is 37.0 Å². The number of amides is 1. The first kappa shape index (κ1) is 16.7. The van der Waals surface area contributed by atoms with Crippen molar-refractivity contribution in [3.05, 3.63) is 24.3 Å². The second-order valence-corrected chi connectivity index (χ2v) is 6.35. The van der Waals surface area contributed by atoms with E-state index in [1.165, 1.54) is 6.42 Å². The van der Waals surface area contributed by atoms with Gasteiger partial charge in [-0.2, -0.15) is 0 Å². The van der Waals surface area contributed by atoms with Crippen LogP contribution < -0.4 is 10.1 Å². The zero-order chi connectivity index (χ0) is 15.8. The van der Waals surface area contributed by atoms with Crippen LogP contribution >= 0.6 is 0 Å². The normalized spacial score (nSPS) is 15.0. The lowest BCUT2D eigenvalue weighted by Gasteiger charge is -2.26. The Morgan fingerprint density at radius 1 is 1.27 bits per heavy atom. The molecule has 22 heavy (non-hydrogen) atoms. The monoisotopic (exact) mass is 304 g/mol. The Bertz CT molecular complexity index is 468. The number of benzene rings is 1. The van der Waals surface area contributed by atoms with Gasteiger partial charge in [0.25, 0.3) is 0 Å². The fourth-order valence-corrected chi connectivity index (χ4v) is 2.54. The average Bonchev–Trinajstić information content (AvgIpc) is 2.53. The summed E-state index contributed by atoms with van der Waals surface area (Å²) in [7, 11) is 0. The van der Waals surface area contributed by atoms with Crippen molar-refractivity contribution >= 4 is 11.6 Å². The molecule has 2 rings (SSSR count). The number of hydrogen-bond acceptors (Lipinski definition) is 3. The number of carbonyl (C=O) groups is 1. The fourth-order valence-electron chi connectivity index (χ4n) is 2.54. The third kappa shape index (κ3) is 5.58. The van der Waals surface area contributed by atoms with E-state index in [4.69, 9.17) is 4.74 Å². The maximum absolute atomic E-state index is 12.1. The van der Waals surface area contributed by atoms with E-state index in [2.05, 4.69) is 19.2 Å². The van der Waals surface area contributed by atoms with Crippen LogP contribution in [-0.2, 0) is 4.79 Å². The minimum Gasteiger partial charge on any atom is -0.494 e. The van der Waals surface area contributed by atoms with Gasteiger partial charge in [0.2, 0.25) is 5.91 Å². The number of anilines is 1. The molecule has 4 nitrogen and oxygen atoms in total. The van der Waals surface area contributed by atoms with E-state index in [1.54, 1.807) is 0 Å². The largest absolute Gasteiger partial charge is 0.494 e. The van der Waals surface area contributed by atoms with Crippen LogP contribution in [0.1, 0.15) is 39.5 Å². The zero-order valence-electron chi connectivity index (χ0n) is 13.8. The molecule has 1 fully saturated rings. The van der Waals surface area contributed by atoms with Crippen LogP contribution in [0, 0.1) is 5.92 Å². The molecular formula is C18H28N2O2. The molecule has 0 atom stereocenters. The van der Waals surface area contributed by atoms with Gasteiger partial charge in [0.15, 0.2) is 0 Å². The lowest BCUT2D eigenvalue weighted by atomic mass is 10.1. The van der Waals surface area contributed by atoms with Crippen LogP contribution in [0.4, 0.5) is 5.69 Å². The van der Waals surface area contributed by atoms with Gasteiger partial charge < -0.3 is 15.0 Å².